The number of benzene rings is 2. The Hall–Kier alpha value is -2.86. The van der Waals surface area contributed by atoms with Crippen LogP contribution in [0.15, 0.2) is 54.0 Å². The zero-order valence-electron chi connectivity index (χ0n) is 17.0. The van der Waals surface area contributed by atoms with E-state index in [1.54, 1.807) is 14.2 Å². The lowest BCUT2D eigenvalue weighted by atomic mass is 10.0. The highest BCUT2D eigenvalue weighted by Crippen LogP contribution is 2.36. The van der Waals surface area contributed by atoms with Gasteiger partial charge < -0.3 is 20.1 Å². The van der Waals surface area contributed by atoms with Crippen LogP contribution in [0.1, 0.15) is 23.6 Å². The lowest BCUT2D eigenvalue weighted by Crippen LogP contribution is -2.30. The molecule has 1 aliphatic heterocycles. The second-order valence-corrected chi connectivity index (χ2v) is 7.73. The Labute approximate surface area is 176 Å². The number of carbonyl (C=O) groups is 1. The average Bonchev–Trinajstić information content (AvgIpc) is 3.07. The Balaban J connectivity index is 1.80. The van der Waals surface area contributed by atoms with Gasteiger partial charge in [-0.05, 0) is 54.3 Å². The first-order valence-corrected chi connectivity index (χ1v) is 10.4. The average molecular weight is 411 g/mol. The highest BCUT2D eigenvalue weighted by molar-refractivity contribution is 8.05. The van der Waals surface area contributed by atoms with E-state index in [1.165, 1.54) is 17.3 Å². The fourth-order valence-corrected chi connectivity index (χ4v) is 4.15. The van der Waals surface area contributed by atoms with E-state index in [1.807, 2.05) is 36.4 Å². The summed E-state index contributed by atoms with van der Waals surface area (Å²) >= 11 is 1.46. The minimum Gasteiger partial charge on any atom is -0.493 e. The van der Waals surface area contributed by atoms with E-state index in [0.717, 1.165) is 23.2 Å². The second-order valence-electron chi connectivity index (χ2n) is 6.58. The molecule has 1 atom stereocenters. The molecule has 3 rings (SSSR count). The summed E-state index contributed by atoms with van der Waals surface area (Å²) in [5.74, 6) is 1.22. The maximum Gasteiger partial charge on any atom is 0.260 e. The number of aryl methyl sites for hydroxylation is 1. The topological polar surface area (TPSA) is 59.6 Å². The quantitative estimate of drug-likeness (QED) is 0.492. The summed E-state index contributed by atoms with van der Waals surface area (Å²) in [6, 6.07) is 12.1. The smallest absolute Gasteiger partial charge is 0.260 e. The molecule has 0 bridgehead atoms. The molecule has 2 aromatic carbocycles. The van der Waals surface area contributed by atoms with Crippen molar-refractivity contribution in [3.63, 3.8) is 0 Å². The largest absolute Gasteiger partial charge is 0.493 e. The van der Waals surface area contributed by atoms with Crippen molar-refractivity contribution in [3.05, 3.63) is 70.6 Å². The van der Waals surface area contributed by atoms with Crippen molar-refractivity contribution in [1.29, 1.82) is 0 Å². The van der Waals surface area contributed by atoms with Crippen LogP contribution in [0, 0.1) is 0 Å². The molecule has 152 valence electrons. The van der Waals surface area contributed by atoms with Gasteiger partial charge in [0.25, 0.3) is 5.91 Å². The third-order valence-electron chi connectivity index (χ3n) is 4.63. The molecule has 0 spiro atoms. The minimum absolute atomic E-state index is 0.0993. The van der Waals surface area contributed by atoms with Crippen molar-refractivity contribution in [2.75, 3.05) is 19.5 Å². The van der Waals surface area contributed by atoms with Gasteiger partial charge in [0.05, 0.1) is 19.1 Å². The summed E-state index contributed by atoms with van der Waals surface area (Å²) in [5, 5.41) is 6.31. The zero-order valence-corrected chi connectivity index (χ0v) is 17.8. The maximum absolute atomic E-state index is 12.5. The number of ether oxygens (including phenoxy) is 2. The minimum atomic E-state index is -0.214. The summed E-state index contributed by atoms with van der Waals surface area (Å²) < 4.78 is 10.9. The molecule has 29 heavy (non-hydrogen) atoms. The van der Waals surface area contributed by atoms with Crippen LogP contribution in [0.4, 0.5) is 5.69 Å². The van der Waals surface area contributed by atoms with Crippen LogP contribution in [-0.2, 0) is 17.6 Å². The number of allylic oxidation sites excluding steroid dienone is 1. The number of rotatable bonds is 8. The summed E-state index contributed by atoms with van der Waals surface area (Å²) in [5.41, 5.74) is 3.88. The number of amides is 1. The molecule has 5 nitrogen and oxygen atoms in total. The van der Waals surface area contributed by atoms with Crippen LogP contribution in [-0.4, -0.2) is 25.6 Å². The van der Waals surface area contributed by atoms with Crippen LogP contribution < -0.4 is 20.1 Å². The van der Waals surface area contributed by atoms with E-state index in [9.17, 15) is 4.79 Å². The van der Waals surface area contributed by atoms with Gasteiger partial charge >= 0.3 is 0 Å². The monoisotopic (exact) mass is 410 g/mol. The second kappa shape index (κ2) is 9.56. The maximum atomic E-state index is 12.5. The molecule has 0 aromatic heterocycles. The van der Waals surface area contributed by atoms with Gasteiger partial charge in [-0.1, -0.05) is 36.9 Å². The summed E-state index contributed by atoms with van der Waals surface area (Å²) in [6.45, 7) is 5.93. The van der Waals surface area contributed by atoms with Gasteiger partial charge in [-0.3, -0.25) is 4.79 Å². The number of hydrogen-bond acceptors (Lipinski definition) is 5. The molecule has 1 aliphatic rings. The van der Waals surface area contributed by atoms with Crippen molar-refractivity contribution in [2.24, 2.45) is 0 Å². The van der Waals surface area contributed by atoms with E-state index in [2.05, 4.69) is 36.3 Å². The standard InChI is InChI=1S/C23H26N2O3S/c1-5-7-17-12-16(13-19(27-3)21(17)28-4)14-20-22(26)25-23(29-20)24-18-10-8-15(6-2)9-11-18/h5,8-14,23-24H,1,6-7H2,2-4H3,(H,25,26)/b20-14-/t23-/m1/s1. The highest BCUT2D eigenvalue weighted by Gasteiger charge is 2.27. The highest BCUT2D eigenvalue weighted by atomic mass is 32.2. The first-order chi connectivity index (χ1) is 14.1. The molecular weight excluding hydrogens is 384 g/mol. The summed E-state index contributed by atoms with van der Waals surface area (Å²) in [4.78, 5) is 13.1. The summed E-state index contributed by atoms with van der Waals surface area (Å²) in [7, 11) is 3.22. The van der Waals surface area contributed by atoms with Crippen LogP contribution in [0.25, 0.3) is 6.08 Å². The van der Waals surface area contributed by atoms with Gasteiger partial charge in [0.15, 0.2) is 17.0 Å². The molecule has 0 unspecified atom stereocenters. The fraction of sp³-hybridized carbons (Fsp3) is 0.261. The van der Waals surface area contributed by atoms with E-state index in [-0.39, 0.29) is 11.4 Å². The van der Waals surface area contributed by atoms with Crippen molar-refractivity contribution in [2.45, 2.75) is 25.3 Å². The molecule has 1 heterocycles. The zero-order chi connectivity index (χ0) is 20.8. The predicted octanol–water partition coefficient (Wildman–Crippen LogP) is 4.59. The Morgan fingerprint density at radius 2 is 1.97 bits per heavy atom. The van der Waals surface area contributed by atoms with Crippen LogP contribution >= 0.6 is 11.8 Å². The Bertz CT molecular complexity index is 922. The number of hydrogen-bond donors (Lipinski definition) is 2. The van der Waals surface area contributed by atoms with Crippen molar-refractivity contribution in [3.8, 4) is 11.5 Å². The number of carbonyl (C=O) groups excluding carboxylic acids is 1. The molecule has 0 radical (unpaired) electrons. The molecule has 1 saturated heterocycles. The van der Waals surface area contributed by atoms with Gasteiger partial charge in [0.1, 0.15) is 0 Å². The first-order valence-electron chi connectivity index (χ1n) is 9.48. The lowest BCUT2D eigenvalue weighted by Gasteiger charge is -2.13. The molecule has 1 fully saturated rings. The third kappa shape index (κ3) is 4.95. The summed E-state index contributed by atoms with van der Waals surface area (Å²) in [6.07, 6.45) is 5.33. The van der Waals surface area contributed by atoms with Gasteiger partial charge in [-0.2, -0.15) is 0 Å². The normalized spacial score (nSPS) is 17.1. The van der Waals surface area contributed by atoms with Crippen LogP contribution in [0.2, 0.25) is 0 Å². The van der Waals surface area contributed by atoms with Crippen LogP contribution in [0.3, 0.4) is 0 Å². The van der Waals surface area contributed by atoms with Gasteiger partial charge in [0.2, 0.25) is 0 Å². The van der Waals surface area contributed by atoms with E-state index < -0.39 is 0 Å². The Morgan fingerprint density at radius 1 is 1.21 bits per heavy atom. The SMILES string of the molecule is C=CCc1cc(/C=C2\S[C@H](Nc3ccc(CC)cc3)NC2=O)cc(OC)c1OC. The third-order valence-corrected chi connectivity index (χ3v) is 5.66. The fourth-order valence-electron chi connectivity index (χ4n) is 3.16. The van der Waals surface area contributed by atoms with Crippen molar-refractivity contribution in [1.82, 2.24) is 5.32 Å². The molecule has 1 amide bonds. The molecule has 0 aliphatic carbocycles. The Kier molecular flexibility index (Phi) is 6.88. The first kappa shape index (κ1) is 20.9. The Morgan fingerprint density at radius 3 is 2.59 bits per heavy atom. The molecule has 6 heteroatoms. The molecule has 2 aromatic rings. The van der Waals surface area contributed by atoms with E-state index >= 15 is 0 Å². The molecule has 2 N–H and O–H groups in total. The van der Waals surface area contributed by atoms with Crippen molar-refractivity contribution < 1.29 is 14.3 Å². The molecular formula is C23H26N2O3S. The van der Waals surface area contributed by atoms with E-state index in [4.69, 9.17) is 9.47 Å². The van der Waals surface area contributed by atoms with E-state index in [0.29, 0.717) is 22.8 Å². The van der Waals surface area contributed by atoms with Gasteiger partial charge in [-0.25, -0.2) is 0 Å². The van der Waals surface area contributed by atoms with Gasteiger partial charge in [-0.15, -0.1) is 6.58 Å². The number of nitrogens with one attached hydrogen (secondary N) is 2. The van der Waals surface area contributed by atoms with Gasteiger partial charge in [0, 0.05) is 11.3 Å². The number of methoxy groups -OCH3 is 2. The predicted molar refractivity (Wildman–Crippen MR) is 120 cm³/mol. The number of anilines is 1. The molecule has 0 saturated carbocycles. The van der Waals surface area contributed by atoms with Crippen molar-refractivity contribution >= 4 is 29.4 Å². The lowest BCUT2D eigenvalue weighted by molar-refractivity contribution is -0.116. The van der Waals surface area contributed by atoms with Crippen LogP contribution in [0.5, 0.6) is 11.5 Å². The number of thioether (sulfide) groups is 1.